The highest BCUT2D eigenvalue weighted by molar-refractivity contribution is 7.92. The van der Waals surface area contributed by atoms with Crippen LogP contribution in [0, 0.1) is 0 Å². The van der Waals surface area contributed by atoms with Crippen molar-refractivity contribution in [2.45, 2.75) is 12.8 Å². The molecule has 84 valence electrons. The third-order valence-corrected chi connectivity index (χ3v) is 3.00. The molecule has 0 aliphatic heterocycles. The van der Waals surface area contributed by atoms with Crippen LogP contribution in [0.25, 0.3) is 0 Å². The molecule has 0 saturated heterocycles. The van der Waals surface area contributed by atoms with Gasteiger partial charge in [0, 0.05) is 12.4 Å². The third kappa shape index (κ3) is 4.71. The monoisotopic (exact) mass is 230 g/mol. The minimum Gasteiger partial charge on any atom is -0.330 e. The van der Waals surface area contributed by atoms with Crippen molar-refractivity contribution in [2.24, 2.45) is 5.73 Å². The summed E-state index contributed by atoms with van der Waals surface area (Å²) in [5.41, 5.74) is 5.27. The maximum atomic E-state index is 11.4. The van der Waals surface area contributed by atoms with Gasteiger partial charge in [-0.2, -0.15) is 0 Å². The normalized spacial score (nSPS) is 11.3. The number of aromatic nitrogens is 2. The topological polar surface area (TPSA) is 98.0 Å². The van der Waals surface area contributed by atoms with Gasteiger partial charge in [0.2, 0.25) is 16.0 Å². The van der Waals surface area contributed by atoms with Crippen molar-refractivity contribution in [3.8, 4) is 0 Å². The molecule has 0 unspecified atom stereocenters. The van der Waals surface area contributed by atoms with Crippen LogP contribution in [-0.2, 0) is 10.0 Å². The summed E-state index contributed by atoms with van der Waals surface area (Å²) >= 11 is 0. The first-order valence-electron chi connectivity index (χ1n) is 4.61. The van der Waals surface area contributed by atoms with Gasteiger partial charge in [-0.1, -0.05) is 0 Å². The van der Waals surface area contributed by atoms with Gasteiger partial charge < -0.3 is 5.73 Å². The second-order valence-corrected chi connectivity index (χ2v) is 4.83. The summed E-state index contributed by atoms with van der Waals surface area (Å²) in [6.07, 6.45) is 4.19. The molecular formula is C8H14N4O2S. The first-order valence-corrected chi connectivity index (χ1v) is 6.27. The van der Waals surface area contributed by atoms with Gasteiger partial charge in [-0.3, -0.25) is 4.72 Å². The summed E-state index contributed by atoms with van der Waals surface area (Å²) in [7, 11) is -3.34. The Kier molecular flexibility index (Phi) is 4.44. The zero-order valence-corrected chi connectivity index (χ0v) is 9.07. The SMILES string of the molecule is NCCCCS(=O)(=O)Nc1ncccn1. The summed E-state index contributed by atoms with van der Waals surface area (Å²) in [5.74, 6) is 0.146. The molecule has 3 N–H and O–H groups in total. The van der Waals surface area contributed by atoms with Crippen molar-refractivity contribution in [1.29, 1.82) is 0 Å². The van der Waals surface area contributed by atoms with Crippen molar-refractivity contribution in [2.75, 3.05) is 17.0 Å². The maximum absolute atomic E-state index is 11.4. The molecular weight excluding hydrogens is 216 g/mol. The quantitative estimate of drug-likeness (QED) is 0.668. The lowest BCUT2D eigenvalue weighted by molar-refractivity contribution is 0.596. The number of hydrogen-bond donors (Lipinski definition) is 2. The van der Waals surface area contributed by atoms with Crippen LogP contribution in [0.5, 0.6) is 0 Å². The van der Waals surface area contributed by atoms with Crippen LogP contribution in [0.3, 0.4) is 0 Å². The van der Waals surface area contributed by atoms with Crippen LogP contribution in [0.4, 0.5) is 5.95 Å². The van der Waals surface area contributed by atoms with E-state index >= 15 is 0 Å². The lowest BCUT2D eigenvalue weighted by Gasteiger charge is -2.04. The van der Waals surface area contributed by atoms with Gasteiger partial charge in [0.05, 0.1) is 5.75 Å². The Morgan fingerprint density at radius 1 is 1.27 bits per heavy atom. The molecule has 0 radical (unpaired) electrons. The van der Waals surface area contributed by atoms with Crippen LogP contribution >= 0.6 is 0 Å². The fourth-order valence-corrected chi connectivity index (χ4v) is 2.05. The van der Waals surface area contributed by atoms with E-state index in [1.165, 1.54) is 12.4 Å². The van der Waals surface area contributed by atoms with E-state index in [2.05, 4.69) is 14.7 Å². The Morgan fingerprint density at radius 2 is 1.93 bits per heavy atom. The first-order chi connectivity index (χ1) is 7.14. The van der Waals surface area contributed by atoms with Crippen molar-refractivity contribution in [1.82, 2.24) is 9.97 Å². The van der Waals surface area contributed by atoms with Crippen LogP contribution in [0.15, 0.2) is 18.5 Å². The molecule has 1 heterocycles. The Bertz CT molecular complexity index is 379. The molecule has 15 heavy (non-hydrogen) atoms. The molecule has 1 aromatic rings. The van der Waals surface area contributed by atoms with Gasteiger partial charge >= 0.3 is 0 Å². The van der Waals surface area contributed by atoms with E-state index in [9.17, 15) is 8.42 Å². The van der Waals surface area contributed by atoms with Gasteiger partial charge in [0.25, 0.3) is 0 Å². The summed E-state index contributed by atoms with van der Waals surface area (Å²) in [4.78, 5) is 7.53. The van der Waals surface area contributed by atoms with Crippen LogP contribution in [0.1, 0.15) is 12.8 Å². The third-order valence-electron chi connectivity index (χ3n) is 1.68. The number of unbranched alkanes of at least 4 members (excludes halogenated alkanes) is 1. The first kappa shape index (κ1) is 11.9. The van der Waals surface area contributed by atoms with E-state index in [4.69, 9.17) is 5.73 Å². The minimum atomic E-state index is -3.34. The summed E-state index contributed by atoms with van der Waals surface area (Å²) in [5, 5.41) is 0. The van der Waals surface area contributed by atoms with Crippen molar-refractivity contribution in [3.05, 3.63) is 18.5 Å². The van der Waals surface area contributed by atoms with Crippen LogP contribution < -0.4 is 10.5 Å². The number of nitrogens with two attached hydrogens (primary N) is 1. The lowest BCUT2D eigenvalue weighted by Crippen LogP contribution is -2.18. The Labute approximate surface area is 89.0 Å². The highest BCUT2D eigenvalue weighted by Gasteiger charge is 2.10. The largest absolute Gasteiger partial charge is 0.330 e. The molecule has 1 rings (SSSR count). The number of rotatable bonds is 6. The predicted molar refractivity (Wildman–Crippen MR) is 57.7 cm³/mol. The molecule has 0 amide bonds. The number of anilines is 1. The van der Waals surface area contributed by atoms with E-state index in [0.29, 0.717) is 19.4 Å². The molecule has 0 aromatic carbocycles. The average Bonchev–Trinajstić information content (AvgIpc) is 2.18. The molecule has 7 heteroatoms. The second kappa shape index (κ2) is 5.62. The van der Waals surface area contributed by atoms with E-state index in [0.717, 1.165) is 0 Å². The molecule has 6 nitrogen and oxygen atoms in total. The standard InChI is InChI=1S/C8H14N4O2S/c9-4-1-2-7-15(13,14)12-8-10-5-3-6-11-8/h3,5-6H,1-2,4,7,9H2,(H,10,11,12). The molecule has 0 aliphatic rings. The van der Waals surface area contributed by atoms with E-state index in [1.807, 2.05) is 0 Å². The zero-order chi connectivity index (χ0) is 11.1. The summed E-state index contributed by atoms with van der Waals surface area (Å²) in [6, 6.07) is 1.62. The minimum absolute atomic E-state index is 0.0441. The second-order valence-electron chi connectivity index (χ2n) is 2.99. The van der Waals surface area contributed by atoms with Crippen molar-refractivity contribution in [3.63, 3.8) is 0 Å². The summed E-state index contributed by atoms with van der Waals surface area (Å²) < 4.78 is 25.2. The molecule has 0 fully saturated rings. The fraction of sp³-hybridized carbons (Fsp3) is 0.500. The molecule has 0 atom stereocenters. The smallest absolute Gasteiger partial charge is 0.236 e. The van der Waals surface area contributed by atoms with Crippen molar-refractivity contribution >= 4 is 16.0 Å². The lowest BCUT2D eigenvalue weighted by atomic mass is 10.3. The van der Waals surface area contributed by atoms with E-state index in [-0.39, 0.29) is 11.7 Å². The van der Waals surface area contributed by atoms with Crippen LogP contribution in [0.2, 0.25) is 0 Å². The number of hydrogen-bond acceptors (Lipinski definition) is 5. The Hall–Kier alpha value is -1.21. The Balaban J connectivity index is 2.50. The van der Waals surface area contributed by atoms with Gasteiger partial charge in [0.1, 0.15) is 0 Å². The highest BCUT2D eigenvalue weighted by Crippen LogP contribution is 2.01. The fourth-order valence-electron chi connectivity index (χ4n) is 0.978. The molecule has 0 saturated carbocycles. The van der Waals surface area contributed by atoms with Gasteiger partial charge in [0.15, 0.2) is 0 Å². The number of sulfonamides is 1. The van der Waals surface area contributed by atoms with Crippen molar-refractivity contribution < 1.29 is 8.42 Å². The van der Waals surface area contributed by atoms with Crippen LogP contribution in [-0.4, -0.2) is 30.7 Å². The van der Waals surface area contributed by atoms with Gasteiger partial charge in [-0.05, 0) is 25.5 Å². The zero-order valence-electron chi connectivity index (χ0n) is 8.26. The number of nitrogens with zero attached hydrogens (tertiary/aromatic N) is 2. The molecule has 0 bridgehead atoms. The molecule has 1 aromatic heterocycles. The van der Waals surface area contributed by atoms with Gasteiger partial charge in [-0.25, -0.2) is 18.4 Å². The molecule has 0 aliphatic carbocycles. The highest BCUT2D eigenvalue weighted by atomic mass is 32.2. The summed E-state index contributed by atoms with van der Waals surface area (Å²) in [6.45, 7) is 0.497. The van der Waals surface area contributed by atoms with E-state index in [1.54, 1.807) is 6.07 Å². The van der Waals surface area contributed by atoms with Gasteiger partial charge in [-0.15, -0.1) is 0 Å². The molecule has 0 spiro atoms. The number of nitrogens with one attached hydrogen (secondary N) is 1. The maximum Gasteiger partial charge on any atom is 0.236 e. The average molecular weight is 230 g/mol. The van der Waals surface area contributed by atoms with E-state index < -0.39 is 10.0 Å². The predicted octanol–water partition coefficient (Wildman–Crippen LogP) is -0.0428. The Morgan fingerprint density at radius 3 is 2.53 bits per heavy atom.